The predicted molar refractivity (Wildman–Crippen MR) is 60.8 cm³/mol. The number of benzene rings is 1. The lowest BCUT2D eigenvalue weighted by Crippen LogP contribution is -2.24. The Bertz CT molecular complexity index is 303. The van der Waals surface area contributed by atoms with Crippen LogP contribution in [0.5, 0.6) is 0 Å². The van der Waals surface area contributed by atoms with Crippen LogP contribution in [0.2, 0.25) is 0 Å². The topological polar surface area (TPSA) is 26.0 Å². The van der Waals surface area contributed by atoms with Crippen LogP contribution in [0.1, 0.15) is 25.0 Å². The Kier molecular flexibility index (Phi) is 3.56. The molecule has 0 spiro atoms. The Balaban J connectivity index is 3.17. The summed E-state index contributed by atoms with van der Waals surface area (Å²) >= 11 is 1.25. The van der Waals surface area contributed by atoms with E-state index in [0.29, 0.717) is 0 Å². The summed E-state index contributed by atoms with van der Waals surface area (Å²) in [4.78, 5) is 0. The van der Waals surface area contributed by atoms with Gasteiger partial charge in [0.1, 0.15) is 5.82 Å². The van der Waals surface area contributed by atoms with Crippen LogP contribution in [0.4, 0.5) is 4.39 Å². The van der Waals surface area contributed by atoms with Crippen LogP contribution in [0.25, 0.3) is 0 Å². The highest BCUT2D eigenvalue weighted by molar-refractivity contribution is 7.97. The molecule has 1 aromatic carbocycles. The first-order chi connectivity index (χ1) is 6.49. The highest BCUT2D eigenvalue weighted by atomic mass is 32.2. The summed E-state index contributed by atoms with van der Waals surface area (Å²) in [5.74, 6) is 0.582. The maximum absolute atomic E-state index is 13.6. The molecule has 0 bridgehead atoms. The van der Waals surface area contributed by atoms with E-state index in [1.54, 1.807) is 6.07 Å². The van der Waals surface area contributed by atoms with Gasteiger partial charge in [0.25, 0.3) is 0 Å². The van der Waals surface area contributed by atoms with E-state index in [9.17, 15) is 4.39 Å². The third-order valence-electron chi connectivity index (χ3n) is 2.34. The zero-order valence-corrected chi connectivity index (χ0v) is 9.62. The van der Waals surface area contributed by atoms with E-state index in [-0.39, 0.29) is 11.2 Å². The van der Waals surface area contributed by atoms with Crippen LogP contribution in [0, 0.1) is 12.7 Å². The highest BCUT2D eigenvalue weighted by Crippen LogP contribution is 2.30. The minimum Gasteiger partial charge on any atom is -0.278 e. The molecule has 0 saturated heterocycles. The van der Waals surface area contributed by atoms with Gasteiger partial charge in [-0.25, -0.2) is 4.39 Å². The van der Waals surface area contributed by atoms with Crippen molar-refractivity contribution in [3.63, 3.8) is 0 Å². The average molecular weight is 213 g/mol. The molecular weight excluding hydrogens is 197 g/mol. The van der Waals surface area contributed by atoms with E-state index in [4.69, 9.17) is 5.14 Å². The van der Waals surface area contributed by atoms with Crippen molar-refractivity contribution < 1.29 is 4.39 Å². The zero-order chi connectivity index (χ0) is 10.8. The quantitative estimate of drug-likeness (QED) is 0.781. The fourth-order valence-electron chi connectivity index (χ4n) is 1.77. The van der Waals surface area contributed by atoms with Crippen molar-refractivity contribution in [1.82, 2.24) is 0 Å². The Morgan fingerprint density at radius 3 is 2.57 bits per heavy atom. The van der Waals surface area contributed by atoms with Crippen molar-refractivity contribution in [2.24, 2.45) is 5.14 Å². The van der Waals surface area contributed by atoms with Gasteiger partial charge in [-0.2, -0.15) is 0 Å². The Morgan fingerprint density at radius 1 is 1.43 bits per heavy atom. The van der Waals surface area contributed by atoms with Gasteiger partial charge in [0.05, 0.1) is 0 Å². The molecule has 0 heterocycles. The van der Waals surface area contributed by atoms with Crippen LogP contribution < -0.4 is 5.14 Å². The van der Waals surface area contributed by atoms with Crippen molar-refractivity contribution in [1.29, 1.82) is 0 Å². The third kappa shape index (κ3) is 2.28. The first-order valence-corrected chi connectivity index (χ1v) is 5.61. The molecule has 0 atom stereocenters. The number of rotatable bonds is 3. The standard InChI is InChI=1S/C11H16FNS/c1-8-5-4-6-9(12)10(8)11(2,3)7-14-13/h4-6H,7,13H2,1-3H3. The Hall–Kier alpha value is -0.540. The molecule has 0 radical (unpaired) electrons. The molecule has 1 nitrogen and oxygen atoms in total. The van der Waals surface area contributed by atoms with Gasteiger partial charge in [-0.1, -0.05) is 37.9 Å². The summed E-state index contributed by atoms with van der Waals surface area (Å²) in [6.45, 7) is 5.96. The van der Waals surface area contributed by atoms with Crippen molar-refractivity contribution >= 4 is 11.9 Å². The maximum atomic E-state index is 13.6. The van der Waals surface area contributed by atoms with E-state index in [1.165, 1.54) is 18.0 Å². The molecule has 0 aliphatic carbocycles. The molecule has 0 aromatic heterocycles. The fraction of sp³-hybridized carbons (Fsp3) is 0.455. The summed E-state index contributed by atoms with van der Waals surface area (Å²) in [5, 5.41) is 5.45. The first kappa shape index (κ1) is 11.5. The lowest BCUT2D eigenvalue weighted by atomic mass is 9.83. The van der Waals surface area contributed by atoms with Gasteiger partial charge < -0.3 is 0 Å². The number of nitrogens with two attached hydrogens (primary N) is 1. The van der Waals surface area contributed by atoms with Crippen LogP contribution in [-0.4, -0.2) is 5.75 Å². The summed E-state index contributed by atoms with van der Waals surface area (Å²) < 4.78 is 13.6. The molecule has 0 saturated carbocycles. The van der Waals surface area contributed by atoms with E-state index >= 15 is 0 Å². The van der Waals surface area contributed by atoms with Gasteiger partial charge in [-0.05, 0) is 24.1 Å². The van der Waals surface area contributed by atoms with Gasteiger partial charge in [0.2, 0.25) is 0 Å². The molecule has 0 fully saturated rings. The molecule has 0 amide bonds. The first-order valence-electron chi connectivity index (χ1n) is 4.56. The molecule has 1 aromatic rings. The maximum Gasteiger partial charge on any atom is 0.127 e. The van der Waals surface area contributed by atoms with Gasteiger partial charge in [-0.15, -0.1) is 0 Å². The van der Waals surface area contributed by atoms with Gasteiger partial charge in [0, 0.05) is 11.2 Å². The van der Waals surface area contributed by atoms with E-state index in [2.05, 4.69) is 0 Å². The van der Waals surface area contributed by atoms with Gasteiger partial charge >= 0.3 is 0 Å². The van der Waals surface area contributed by atoms with E-state index in [1.807, 2.05) is 26.8 Å². The number of hydrogen-bond donors (Lipinski definition) is 1. The van der Waals surface area contributed by atoms with E-state index in [0.717, 1.165) is 16.9 Å². The minimum atomic E-state index is -0.213. The smallest absolute Gasteiger partial charge is 0.127 e. The normalized spacial score (nSPS) is 11.8. The summed E-state index contributed by atoms with van der Waals surface area (Å²) in [6.07, 6.45) is 0. The van der Waals surface area contributed by atoms with Crippen molar-refractivity contribution in [2.45, 2.75) is 26.2 Å². The molecule has 0 unspecified atom stereocenters. The molecule has 0 aliphatic rings. The number of halogens is 1. The second-order valence-electron chi connectivity index (χ2n) is 4.13. The Labute approximate surface area is 89.0 Å². The second-order valence-corrected chi connectivity index (χ2v) is 4.75. The third-order valence-corrected chi connectivity index (χ3v) is 3.23. The molecular formula is C11H16FNS. The molecule has 1 rings (SSSR count). The number of hydrogen-bond acceptors (Lipinski definition) is 2. The molecule has 2 N–H and O–H groups in total. The molecule has 78 valence electrons. The molecule has 3 heteroatoms. The predicted octanol–water partition coefficient (Wildman–Crippen LogP) is 3.02. The van der Waals surface area contributed by atoms with Gasteiger partial charge in [0.15, 0.2) is 0 Å². The zero-order valence-electron chi connectivity index (χ0n) is 8.80. The number of aryl methyl sites for hydroxylation is 1. The summed E-state index contributed by atoms with van der Waals surface area (Å²) in [5.41, 5.74) is 1.55. The highest BCUT2D eigenvalue weighted by Gasteiger charge is 2.25. The lowest BCUT2D eigenvalue weighted by Gasteiger charge is -2.26. The van der Waals surface area contributed by atoms with Gasteiger partial charge in [-0.3, -0.25) is 5.14 Å². The van der Waals surface area contributed by atoms with Crippen molar-refractivity contribution in [3.05, 3.63) is 35.1 Å². The SMILES string of the molecule is Cc1cccc(F)c1C(C)(C)CSN. The van der Waals surface area contributed by atoms with Crippen LogP contribution in [0.15, 0.2) is 18.2 Å². The summed E-state index contributed by atoms with van der Waals surface area (Å²) in [6, 6.07) is 5.17. The minimum absolute atomic E-state index is 0.135. The van der Waals surface area contributed by atoms with Crippen molar-refractivity contribution in [3.8, 4) is 0 Å². The Morgan fingerprint density at radius 2 is 2.07 bits per heavy atom. The monoisotopic (exact) mass is 213 g/mol. The second kappa shape index (κ2) is 4.32. The van der Waals surface area contributed by atoms with Crippen molar-refractivity contribution in [2.75, 3.05) is 5.75 Å². The van der Waals surface area contributed by atoms with Crippen LogP contribution in [0.3, 0.4) is 0 Å². The average Bonchev–Trinajstić information content (AvgIpc) is 2.02. The fourth-order valence-corrected chi connectivity index (χ4v) is 2.33. The largest absolute Gasteiger partial charge is 0.278 e. The molecule has 0 aliphatic heterocycles. The van der Waals surface area contributed by atoms with Crippen LogP contribution >= 0.6 is 11.9 Å². The van der Waals surface area contributed by atoms with Crippen LogP contribution in [-0.2, 0) is 5.41 Å². The summed E-state index contributed by atoms with van der Waals surface area (Å²) in [7, 11) is 0. The van der Waals surface area contributed by atoms with E-state index < -0.39 is 0 Å². The molecule has 14 heavy (non-hydrogen) atoms. The lowest BCUT2D eigenvalue weighted by molar-refractivity contribution is 0.526.